The lowest BCUT2D eigenvalue weighted by Crippen LogP contribution is -2.36. The van der Waals surface area contributed by atoms with Crippen LogP contribution in [0.2, 0.25) is 0 Å². The molecule has 1 heterocycles. The first kappa shape index (κ1) is 21.1. The minimum Gasteiger partial charge on any atom is -0.466 e. The standard InChI is InChI=1S/C22H21N3O4S/c1-3-17-19(22(26)29-2)18(16-12-8-7-9-14(16)13-23)20(21(24)25-17)30(27,28)15-10-5-4-6-11-15/h4-12,18,25H,3,24H2,1-2H3. The third-order valence-electron chi connectivity index (χ3n) is 4.92. The highest BCUT2D eigenvalue weighted by Crippen LogP contribution is 2.43. The Balaban J connectivity index is 2.38. The number of allylic oxidation sites excluding steroid dienone is 2. The third-order valence-corrected chi connectivity index (χ3v) is 6.85. The molecule has 1 atom stereocenters. The average molecular weight is 423 g/mol. The van der Waals surface area contributed by atoms with E-state index < -0.39 is 21.7 Å². The predicted molar refractivity (Wildman–Crippen MR) is 111 cm³/mol. The molecule has 8 heteroatoms. The van der Waals surface area contributed by atoms with Crippen LogP contribution < -0.4 is 11.1 Å². The molecular weight excluding hydrogens is 402 g/mol. The first-order valence-corrected chi connectivity index (χ1v) is 10.7. The van der Waals surface area contributed by atoms with Crippen molar-refractivity contribution < 1.29 is 17.9 Å². The number of sulfone groups is 1. The first-order chi connectivity index (χ1) is 14.4. The van der Waals surface area contributed by atoms with E-state index in [2.05, 4.69) is 11.4 Å². The van der Waals surface area contributed by atoms with Crippen molar-refractivity contribution in [2.45, 2.75) is 24.2 Å². The summed E-state index contributed by atoms with van der Waals surface area (Å²) >= 11 is 0. The zero-order chi connectivity index (χ0) is 21.9. The number of carbonyl (C=O) groups is 1. The van der Waals surface area contributed by atoms with Crippen LogP contribution in [-0.4, -0.2) is 21.5 Å². The fraction of sp³-hybridized carbons (Fsp3) is 0.182. The van der Waals surface area contributed by atoms with Gasteiger partial charge in [0.1, 0.15) is 10.7 Å². The fourth-order valence-corrected chi connectivity index (χ4v) is 5.22. The van der Waals surface area contributed by atoms with E-state index in [4.69, 9.17) is 10.5 Å². The maximum Gasteiger partial charge on any atom is 0.336 e. The molecule has 0 saturated heterocycles. The number of nitrogens with two attached hydrogens (primary N) is 1. The lowest BCUT2D eigenvalue weighted by molar-refractivity contribution is -0.136. The molecule has 3 rings (SSSR count). The lowest BCUT2D eigenvalue weighted by Gasteiger charge is -2.31. The summed E-state index contributed by atoms with van der Waals surface area (Å²) in [4.78, 5) is 12.6. The van der Waals surface area contributed by atoms with E-state index in [1.807, 2.05) is 6.92 Å². The second kappa shape index (κ2) is 8.43. The van der Waals surface area contributed by atoms with Gasteiger partial charge in [0, 0.05) is 5.70 Å². The molecule has 0 aromatic heterocycles. The van der Waals surface area contributed by atoms with Gasteiger partial charge < -0.3 is 15.8 Å². The summed E-state index contributed by atoms with van der Waals surface area (Å²) in [5.41, 5.74) is 7.39. The van der Waals surface area contributed by atoms with Crippen LogP contribution in [0.5, 0.6) is 0 Å². The van der Waals surface area contributed by atoms with Crippen LogP contribution in [0.3, 0.4) is 0 Å². The molecule has 0 amide bonds. The number of hydrogen-bond acceptors (Lipinski definition) is 7. The van der Waals surface area contributed by atoms with Crippen molar-refractivity contribution in [3.63, 3.8) is 0 Å². The molecular formula is C22H21N3O4S. The summed E-state index contributed by atoms with van der Waals surface area (Å²) in [5, 5.41) is 12.5. The van der Waals surface area contributed by atoms with E-state index in [1.165, 1.54) is 19.2 Å². The zero-order valence-corrected chi connectivity index (χ0v) is 17.4. The minimum absolute atomic E-state index is 0.0355. The first-order valence-electron chi connectivity index (χ1n) is 9.24. The van der Waals surface area contributed by atoms with Crippen LogP contribution in [0, 0.1) is 11.3 Å². The Morgan fingerprint density at radius 1 is 1.17 bits per heavy atom. The normalized spacial score (nSPS) is 16.6. The summed E-state index contributed by atoms with van der Waals surface area (Å²) in [6, 6.07) is 16.4. The molecule has 3 N–H and O–H groups in total. The Hall–Kier alpha value is -3.57. The van der Waals surface area contributed by atoms with E-state index in [1.54, 1.807) is 42.5 Å². The smallest absolute Gasteiger partial charge is 0.336 e. The number of nitriles is 1. The van der Waals surface area contributed by atoms with Gasteiger partial charge in [-0.15, -0.1) is 0 Å². The second-order valence-electron chi connectivity index (χ2n) is 6.59. The Morgan fingerprint density at radius 2 is 1.80 bits per heavy atom. The van der Waals surface area contributed by atoms with Gasteiger partial charge in [-0.1, -0.05) is 43.3 Å². The summed E-state index contributed by atoms with van der Waals surface area (Å²) in [6.07, 6.45) is 0.384. The molecule has 2 aromatic carbocycles. The Morgan fingerprint density at radius 3 is 2.40 bits per heavy atom. The molecule has 0 bridgehead atoms. The van der Waals surface area contributed by atoms with Crippen molar-refractivity contribution >= 4 is 15.8 Å². The van der Waals surface area contributed by atoms with Gasteiger partial charge in [-0.05, 0) is 30.2 Å². The molecule has 0 saturated carbocycles. The van der Waals surface area contributed by atoms with Crippen molar-refractivity contribution in [2.24, 2.45) is 5.73 Å². The molecule has 0 spiro atoms. The monoisotopic (exact) mass is 423 g/mol. The van der Waals surface area contributed by atoms with Gasteiger partial charge in [0.05, 0.1) is 35.1 Å². The second-order valence-corrected chi connectivity index (χ2v) is 8.51. The number of dihydropyridines is 1. The van der Waals surface area contributed by atoms with Crippen LogP contribution in [-0.2, 0) is 19.4 Å². The summed E-state index contributed by atoms with van der Waals surface area (Å²) < 4.78 is 32.2. The molecule has 1 unspecified atom stereocenters. The van der Waals surface area contributed by atoms with Gasteiger partial charge >= 0.3 is 5.97 Å². The van der Waals surface area contributed by atoms with Gasteiger partial charge in [-0.3, -0.25) is 0 Å². The number of rotatable bonds is 5. The molecule has 0 fully saturated rings. The van der Waals surface area contributed by atoms with Gasteiger partial charge in [-0.25, -0.2) is 13.2 Å². The zero-order valence-electron chi connectivity index (χ0n) is 16.5. The molecule has 1 aliphatic rings. The number of nitrogens with zero attached hydrogens (tertiary/aromatic N) is 1. The average Bonchev–Trinajstić information content (AvgIpc) is 2.78. The maximum atomic E-state index is 13.6. The van der Waals surface area contributed by atoms with E-state index in [0.29, 0.717) is 17.7 Å². The predicted octanol–water partition coefficient (Wildman–Crippen LogP) is 2.68. The number of methoxy groups -OCH3 is 1. The van der Waals surface area contributed by atoms with Crippen LogP contribution in [0.25, 0.3) is 0 Å². The molecule has 0 radical (unpaired) electrons. The van der Waals surface area contributed by atoms with Crippen LogP contribution in [0.4, 0.5) is 0 Å². The van der Waals surface area contributed by atoms with Crippen molar-refractivity contribution in [3.05, 3.63) is 87.7 Å². The number of hydrogen-bond donors (Lipinski definition) is 2. The molecule has 30 heavy (non-hydrogen) atoms. The highest BCUT2D eigenvalue weighted by atomic mass is 32.2. The summed E-state index contributed by atoms with van der Waals surface area (Å²) in [5.74, 6) is -1.86. The molecule has 1 aliphatic heterocycles. The van der Waals surface area contributed by atoms with E-state index in [0.717, 1.165) is 0 Å². The van der Waals surface area contributed by atoms with Gasteiger partial charge in [0.25, 0.3) is 0 Å². The Kier molecular flexibility index (Phi) is 5.94. The maximum absolute atomic E-state index is 13.6. The third kappa shape index (κ3) is 3.55. The number of ether oxygens (including phenoxy) is 1. The summed E-state index contributed by atoms with van der Waals surface area (Å²) in [7, 11) is -2.87. The number of carbonyl (C=O) groups excluding carboxylic acids is 1. The van der Waals surface area contributed by atoms with Gasteiger partial charge in [0.15, 0.2) is 0 Å². The lowest BCUT2D eigenvalue weighted by atomic mass is 9.84. The van der Waals surface area contributed by atoms with Gasteiger partial charge in [0.2, 0.25) is 9.84 Å². The van der Waals surface area contributed by atoms with Crippen molar-refractivity contribution in [1.29, 1.82) is 5.26 Å². The molecule has 7 nitrogen and oxygen atoms in total. The van der Waals surface area contributed by atoms with Crippen molar-refractivity contribution in [1.82, 2.24) is 5.32 Å². The van der Waals surface area contributed by atoms with Gasteiger partial charge in [-0.2, -0.15) is 5.26 Å². The Labute approximate surface area is 175 Å². The summed E-state index contributed by atoms with van der Waals surface area (Å²) in [6.45, 7) is 1.81. The number of nitrogens with one attached hydrogen (secondary N) is 1. The van der Waals surface area contributed by atoms with E-state index in [-0.39, 0.29) is 26.8 Å². The highest BCUT2D eigenvalue weighted by Gasteiger charge is 2.42. The number of esters is 1. The highest BCUT2D eigenvalue weighted by molar-refractivity contribution is 7.95. The molecule has 0 aliphatic carbocycles. The minimum atomic E-state index is -4.10. The van der Waals surface area contributed by atoms with E-state index >= 15 is 0 Å². The molecule has 154 valence electrons. The largest absolute Gasteiger partial charge is 0.466 e. The quantitative estimate of drug-likeness (QED) is 0.709. The SMILES string of the molecule is CCC1=C(C(=O)OC)C(c2ccccc2C#N)C(S(=O)(=O)c2ccccc2)=C(N)N1. The fourth-order valence-electron chi connectivity index (χ4n) is 3.56. The van der Waals surface area contributed by atoms with Crippen LogP contribution in [0.1, 0.15) is 30.4 Å². The Bertz CT molecular complexity index is 1190. The van der Waals surface area contributed by atoms with Crippen molar-refractivity contribution in [3.8, 4) is 6.07 Å². The van der Waals surface area contributed by atoms with Crippen LogP contribution >= 0.6 is 0 Å². The molecule has 2 aromatic rings. The van der Waals surface area contributed by atoms with Crippen molar-refractivity contribution in [2.75, 3.05) is 7.11 Å². The topological polar surface area (TPSA) is 122 Å². The van der Waals surface area contributed by atoms with Crippen LogP contribution in [0.15, 0.2) is 81.5 Å². The number of benzene rings is 2. The van der Waals surface area contributed by atoms with E-state index in [9.17, 15) is 18.5 Å².